The lowest BCUT2D eigenvalue weighted by Crippen LogP contribution is -2.28. The van der Waals surface area contributed by atoms with Gasteiger partial charge in [-0.15, -0.1) is 0 Å². The first-order chi connectivity index (χ1) is 9.65. The molecule has 0 aliphatic rings. The Bertz CT molecular complexity index is 559. The van der Waals surface area contributed by atoms with Crippen molar-refractivity contribution in [3.63, 3.8) is 0 Å². The van der Waals surface area contributed by atoms with E-state index in [0.717, 1.165) is 16.9 Å². The van der Waals surface area contributed by atoms with Gasteiger partial charge in [0.1, 0.15) is 12.4 Å². The standard InChI is InChI=1S/C17H19NO2/c1-13-10-14(2)12-15(11-13)17(19)18-8-9-20-16-6-4-3-5-7-16/h3-7,10-12H,8-9H2,1-2H3,(H,18,19). The van der Waals surface area contributed by atoms with Crippen molar-refractivity contribution >= 4 is 5.91 Å². The summed E-state index contributed by atoms with van der Waals surface area (Å²) in [7, 11) is 0. The van der Waals surface area contributed by atoms with Crippen molar-refractivity contribution in [2.45, 2.75) is 13.8 Å². The number of rotatable bonds is 5. The molecule has 0 heterocycles. The van der Waals surface area contributed by atoms with Gasteiger partial charge in [-0.1, -0.05) is 35.4 Å². The van der Waals surface area contributed by atoms with Crippen LogP contribution in [0.4, 0.5) is 0 Å². The SMILES string of the molecule is Cc1cc(C)cc(C(=O)NCCOc2ccccc2)c1. The van der Waals surface area contributed by atoms with Crippen molar-refractivity contribution in [3.8, 4) is 5.75 Å². The molecular formula is C17H19NO2. The lowest BCUT2D eigenvalue weighted by Gasteiger charge is -2.08. The van der Waals surface area contributed by atoms with E-state index in [1.54, 1.807) is 0 Å². The minimum absolute atomic E-state index is 0.0616. The zero-order valence-corrected chi connectivity index (χ0v) is 11.8. The summed E-state index contributed by atoms with van der Waals surface area (Å²) in [5.74, 6) is 0.751. The Labute approximate surface area is 119 Å². The molecule has 104 valence electrons. The minimum atomic E-state index is -0.0616. The van der Waals surface area contributed by atoms with Gasteiger partial charge in [0.25, 0.3) is 5.91 Å². The van der Waals surface area contributed by atoms with Crippen LogP contribution in [0.1, 0.15) is 21.5 Å². The molecule has 0 bridgehead atoms. The van der Waals surface area contributed by atoms with Crippen LogP contribution in [0.2, 0.25) is 0 Å². The molecule has 20 heavy (non-hydrogen) atoms. The second kappa shape index (κ2) is 6.75. The molecule has 0 saturated carbocycles. The Morgan fingerprint density at radius 2 is 1.70 bits per heavy atom. The number of carbonyl (C=O) groups excluding carboxylic acids is 1. The summed E-state index contributed by atoms with van der Waals surface area (Å²) in [4.78, 5) is 12.0. The highest BCUT2D eigenvalue weighted by Crippen LogP contribution is 2.09. The number of carbonyl (C=O) groups is 1. The van der Waals surface area contributed by atoms with Gasteiger partial charge in [0, 0.05) is 5.56 Å². The first kappa shape index (κ1) is 14.1. The summed E-state index contributed by atoms with van der Waals surface area (Å²) in [6.07, 6.45) is 0. The Morgan fingerprint density at radius 3 is 2.35 bits per heavy atom. The quantitative estimate of drug-likeness (QED) is 0.847. The van der Waals surface area contributed by atoms with Crippen molar-refractivity contribution in [1.29, 1.82) is 0 Å². The summed E-state index contributed by atoms with van der Waals surface area (Å²) in [6.45, 7) is 4.92. The number of ether oxygens (including phenoxy) is 1. The molecule has 3 heteroatoms. The summed E-state index contributed by atoms with van der Waals surface area (Å²) in [5, 5.41) is 2.86. The van der Waals surface area contributed by atoms with Crippen molar-refractivity contribution in [3.05, 3.63) is 65.2 Å². The molecule has 0 aliphatic heterocycles. The Kier molecular flexibility index (Phi) is 4.77. The van der Waals surface area contributed by atoms with Gasteiger partial charge in [0.05, 0.1) is 6.54 Å². The molecule has 0 aliphatic carbocycles. The zero-order chi connectivity index (χ0) is 14.4. The summed E-state index contributed by atoms with van der Waals surface area (Å²) >= 11 is 0. The molecule has 1 N–H and O–H groups in total. The number of benzene rings is 2. The predicted molar refractivity (Wildman–Crippen MR) is 80.2 cm³/mol. The van der Waals surface area contributed by atoms with E-state index in [4.69, 9.17) is 4.74 Å². The van der Waals surface area contributed by atoms with Crippen LogP contribution in [-0.4, -0.2) is 19.1 Å². The van der Waals surface area contributed by atoms with E-state index < -0.39 is 0 Å². The molecule has 2 aromatic rings. The molecule has 0 atom stereocenters. The lowest BCUT2D eigenvalue weighted by molar-refractivity contribution is 0.0947. The van der Waals surface area contributed by atoms with Gasteiger partial charge in [-0.25, -0.2) is 0 Å². The fourth-order valence-corrected chi connectivity index (χ4v) is 2.06. The maximum atomic E-state index is 12.0. The largest absolute Gasteiger partial charge is 0.492 e. The smallest absolute Gasteiger partial charge is 0.251 e. The van der Waals surface area contributed by atoms with E-state index in [9.17, 15) is 4.79 Å². The lowest BCUT2D eigenvalue weighted by atomic mass is 10.1. The summed E-state index contributed by atoms with van der Waals surface area (Å²) in [5.41, 5.74) is 2.88. The number of nitrogens with one attached hydrogen (secondary N) is 1. The van der Waals surface area contributed by atoms with Gasteiger partial charge < -0.3 is 10.1 Å². The van der Waals surface area contributed by atoms with Crippen LogP contribution in [0.15, 0.2) is 48.5 Å². The molecule has 0 unspecified atom stereocenters. The maximum Gasteiger partial charge on any atom is 0.251 e. The van der Waals surface area contributed by atoms with E-state index in [1.165, 1.54) is 0 Å². The second-order valence-corrected chi connectivity index (χ2v) is 4.79. The van der Waals surface area contributed by atoms with Gasteiger partial charge >= 0.3 is 0 Å². The van der Waals surface area contributed by atoms with Gasteiger partial charge in [0.2, 0.25) is 0 Å². The average Bonchev–Trinajstić information content (AvgIpc) is 2.43. The van der Waals surface area contributed by atoms with Crippen LogP contribution in [0.25, 0.3) is 0 Å². The van der Waals surface area contributed by atoms with Crippen molar-refractivity contribution in [2.24, 2.45) is 0 Å². The van der Waals surface area contributed by atoms with Crippen molar-refractivity contribution in [1.82, 2.24) is 5.32 Å². The molecule has 3 nitrogen and oxygen atoms in total. The van der Waals surface area contributed by atoms with E-state index in [-0.39, 0.29) is 5.91 Å². The first-order valence-corrected chi connectivity index (χ1v) is 6.69. The first-order valence-electron chi connectivity index (χ1n) is 6.69. The van der Waals surface area contributed by atoms with E-state index in [2.05, 4.69) is 11.4 Å². The van der Waals surface area contributed by atoms with E-state index in [1.807, 2.05) is 56.3 Å². The Balaban J connectivity index is 1.80. The Morgan fingerprint density at radius 1 is 1.05 bits per heavy atom. The second-order valence-electron chi connectivity index (χ2n) is 4.79. The number of hydrogen-bond acceptors (Lipinski definition) is 2. The normalized spacial score (nSPS) is 10.1. The van der Waals surface area contributed by atoms with E-state index >= 15 is 0 Å². The molecular weight excluding hydrogens is 250 g/mol. The third kappa shape index (κ3) is 4.12. The van der Waals surface area contributed by atoms with E-state index in [0.29, 0.717) is 18.7 Å². The number of para-hydroxylation sites is 1. The van der Waals surface area contributed by atoms with Gasteiger partial charge in [0.15, 0.2) is 0 Å². The molecule has 0 radical (unpaired) electrons. The highest BCUT2D eigenvalue weighted by atomic mass is 16.5. The summed E-state index contributed by atoms with van der Waals surface area (Å²) in [6, 6.07) is 15.4. The fourth-order valence-electron chi connectivity index (χ4n) is 2.06. The van der Waals surface area contributed by atoms with Crippen LogP contribution in [0.3, 0.4) is 0 Å². The number of amides is 1. The van der Waals surface area contributed by atoms with Crippen LogP contribution in [-0.2, 0) is 0 Å². The molecule has 0 spiro atoms. The van der Waals surface area contributed by atoms with Crippen LogP contribution < -0.4 is 10.1 Å². The van der Waals surface area contributed by atoms with Crippen LogP contribution in [0, 0.1) is 13.8 Å². The zero-order valence-electron chi connectivity index (χ0n) is 11.8. The molecule has 0 aromatic heterocycles. The predicted octanol–water partition coefficient (Wildman–Crippen LogP) is 3.11. The van der Waals surface area contributed by atoms with Gasteiger partial charge in [-0.05, 0) is 38.1 Å². The third-order valence-corrected chi connectivity index (χ3v) is 2.88. The molecule has 2 rings (SSSR count). The van der Waals surface area contributed by atoms with Crippen LogP contribution in [0.5, 0.6) is 5.75 Å². The number of hydrogen-bond donors (Lipinski definition) is 1. The topological polar surface area (TPSA) is 38.3 Å². The van der Waals surface area contributed by atoms with Crippen molar-refractivity contribution < 1.29 is 9.53 Å². The molecule has 1 amide bonds. The summed E-state index contributed by atoms with van der Waals surface area (Å²) < 4.78 is 5.52. The van der Waals surface area contributed by atoms with Crippen molar-refractivity contribution in [2.75, 3.05) is 13.2 Å². The third-order valence-electron chi connectivity index (χ3n) is 2.88. The molecule has 0 saturated heterocycles. The average molecular weight is 269 g/mol. The molecule has 0 fully saturated rings. The molecule has 2 aromatic carbocycles. The monoisotopic (exact) mass is 269 g/mol. The van der Waals surface area contributed by atoms with Gasteiger partial charge in [-0.3, -0.25) is 4.79 Å². The van der Waals surface area contributed by atoms with Crippen LogP contribution >= 0.6 is 0 Å². The number of aryl methyl sites for hydroxylation is 2. The highest BCUT2D eigenvalue weighted by Gasteiger charge is 2.05. The maximum absolute atomic E-state index is 12.0. The fraction of sp³-hybridized carbons (Fsp3) is 0.235. The highest BCUT2D eigenvalue weighted by molar-refractivity contribution is 5.94. The Hall–Kier alpha value is -2.29. The van der Waals surface area contributed by atoms with Gasteiger partial charge in [-0.2, -0.15) is 0 Å². The minimum Gasteiger partial charge on any atom is -0.492 e.